The van der Waals surface area contributed by atoms with E-state index in [9.17, 15) is 0 Å². The monoisotopic (exact) mass is 272 g/mol. The minimum Gasteiger partial charge on any atom is -0.493 e. The Morgan fingerprint density at radius 2 is 2.22 bits per heavy atom. The van der Waals surface area contributed by atoms with Crippen LogP contribution in [0.25, 0.3) is 0 Å². The van der Waals surface area contributed by atoms with Gasteiger partial charge in [-0.2, -0.15) is 16.9 Å². The number of aryl methyl sites for hydroxylation is 1. The molecule has 0 saturated carbocycles. The first-order valence-electron chi connectivity index (χ1n) is 6.27. The van der Waals surface area contributed by atoms with Crippen molar-refractivity contribution in [3.05, 3.63) is 11.9 Å². The lowest BCUT2D eigenvalue weighted by Crippen LogP contribution is -2.32. The molecule has 0 aliphatic carbocycles. The van der Waals surface area contributed by atoms with Crippen molar-refractivity contribution in [1.82, 2.24) is 15.2 Å². The molecule has 6 heteroatoms. The first kappa shape index (κ1) is 15.3. The number of ether oxygens (including phenoxy) is 1. The molecule has 0 fully saturated rings. The lowest BCUT2D eigenvalue weighted by Gasteiger charge is -2.18. The summed E-state index contributed by atoms with van der Waals surface area (Å²) in [5, 5.41) is 4.30. The standard InChI is InChI=1S/C12H24N4OS/c1-5-16-12(11(17-4)6-14-16)10(15-13)8-18-7-9(2)3/h6,9-10,15H,5,7-8,13H2,1-4H3. The van der Waals surface area contributed by atoms with Crippen LogP contribution in [0.4, 0.5) is 0 Å². The van der Waals surface area contributed by atoms with Crippen LogP contribution >= 0.6 is 11.8 Å². The molecule has 0 saturated heterocycles. The van der Waals surface area contributed by atoms with E-state index in [0.717, 1.165) is 29.5 Å². The Labute approximate surface area is 113 Å². The molecule has 0 amide bonds. The average molecular weight is 272 g/mol. The van der Waals surface area contributed by atoms with E-state index in [2.05, 4.69) is 31.3 Å². The first-order valence-corrected chi connectivity index (χ1v) is 7.43. The molecular formula is C12H24N4OS. The normalized spacial score (nSPS) is 13.0. The number of nitrogens with one attached hydrogen (secondary N) is 1. The highest BCUT2D eigenvalue weighted by atomic mass is 32.2. The van der Waals surface area contributed by atoms with E-state index in [1.807, 2.05) is 16.4 Å². The maximum Gasteiger partial charge on any atom is 0.161 e. The van der Waals surface area contributed by atoms with Crippen LogP contribution in [0, 0.1) is 5.92 Å². The van der Waals surface area contributed by atoms with Gasteiger partial charge in [0.05, 0.1) is 25.0 Å². The maximum absolute atomic E-state index is 5.67. The molecule has 0 aliphatic heterocycles. The van der Waals surface area contributed by atoms with Crippen molar-refractivity contribution in [1.29, 1.82) is 0 Å². The number of hydrazine groups is 1. The highest BCUT2D eigenvalue weighted by Gasteiger charge is 2.20. The van der Waals surface area contributed by atoms with Crippen molar-refractivity contribution in [2.45, 2.75) is 33.4 Å². The summed E-state index contributed by atoms with van der Waals surface area (Å²) >= 11 is 1.89. The van der Waals surface area contributed by atoms with Crippen molar-refractivity contribution >= 4 is 11.8 Å². The Kier molecular flexibility index (Phi) is 6.52. The largest absolute Gasteiger partial charge is 0.493 e. The van der Waals surface area contributed by atoms with E-state index in [1.165, 1.54) is 0 Å². The van der Waals surface area contributed by atoms with Crippen LogP contribution in [0.5, 0.6) is 5.75 Å². The van der Waals surface area contributed by atoms with Crippen molar-refractivity contribution in [3.8, 4) is 5.75 Å². The average Bonchev–Trinajstić information content (AvgIpc) is 2.77. The zero-order chi connectivity index (χ0) is 13.5. The summed E-state index contributed by atoms with van der Waals surface area (Å²) in [5.41, 5.74) is 3.89. The van der Waals surface area contributed by atoms with Gasteiger partial charge >= 0.3 is 0 Å². The molecule has 18 heavy (non-hydrogen) atoms. The van der Waals surface area contributed by atoms with Crippen molar-refractivity contribution < 1.29 is 4.74 Å². The SMILES string of the molecule is CCn1ncc(OC)c1C(CSCC(C)C)NN. The number of methoxy groups -OCH3 is 1. The summed E-state index contributed by atoms with van der Waals surface area (Å²) in [6.07, 6.45) is 1.75. The molecule has 5 nitrogen and oxygen atoms in total. The van der Waals surface area contributed by atoms with Gasteiger partial charge in [-0.25, -0.2) is 0 Å². The smallest absolute Gasteiger partial charge is 0.161 e. The third kappa shape index (κ3) is 3.90. The van der Waals surface area contributed by atoms with Crippen molar-refractivity contribution in [2.75, 3.05) is 18.6 Å². The molecule has 0 bridgehead atoms. The van der Waals surface area contributed by atoms with Crippen LogP contribution in [0.1, 0.15) is 32.5 Å². The Bertz CT molecular complexity index is 332. The molecule has 0 aromatic carbocycles. The number of rotatable bonds is 8. The molecule has 104 valence electrons. The van der Waals surface area contributed by atoms with Gasteiger partial charge in [0.2, 0.25) is 0 Å². The van der Waals surface area contributed by atoms with Crippen molar-refractivity contribution in [3.63, 3.8) is 0 Å². The molecule has 0 aliphatic rings. The lowest BCUT2D eigenvalue weighted by molar-refractivity contribution is 0.397. The summed E-state index contributed by atoms with van der Waals surface area (Å²) in [6.45, 7) is 7.31. The van der Waals surface area contributed by atoms with E-state index in [1.54, 1.807) is 13.3 Å². The molecule has 0 spiro atoms. The van der Waals surface area contributed by atoms with Crippen LogP contribution < -0.4 is 16.0 Å². The van der Waals surface area contributed by atoms with Crippen LogP contribution in [0.2, 0.25) is 0 Å². The zero-order valence-electron chi connectivity index (χ0n) is 11.6. The molecule has 1 aromatic heterocycles. The fourth-order valence-electron chi connectivity index (χ4n) is 1.77. The molecule has 1 atom stereocenters. The molecular weight excluding hydrogens is 248 g/mol. The van der Waals surface area contributed by atoms with Crippen LogP contribution in [-0.4, -0.2) is 28.4 Å². The predicted octanol–water partition coefficient (Wildman–Crippen LogP) is 1.81. The van der Waals surface area contributed by atoms with E-state index in [4.69, 9.17) is 10.6 Å². The minimum atomic E-state index is 0.0612. The lowest BCUT2D eigenvalue weighted by atomic mass is 10.2. The Balaban J connectivity index is 2.76. The van der Waals surface area contributed by atoms with Gasteiger partial charge in [0.1, 0.15) is 0 Å². The topological polar surface area (TPSA) is 65.1 Å². The Morgan fingerprint density at radius 1 is 1.50 bits per heavy atom. The van der Waals surface area contributed by atoms with Gasteiger partial charge in [-0.15, -0.1) is 0 Å². The number of nitrogens with zero attached hydrogens (tertiary/aromatic N) is 2. The number of thioether (sulfide) groups is 1. The molecule has 0 radical (unpaired) electrons. The third-order valence-corrected chi connectivity index (χ3v) is 4.10. The van der Waals surface area contributed by atoms with Gasteiger partial charge in [0.15, 0.2) is 5.75 Å². The summed E-state index contributed by atoms with van der Waals surface area (Å²) < 4.78 is 7.28. The third-order valence-electron chi connectivity index (χ3n) is 2.63. The summed E-state index contributed by atoms with van der Waals surface area (Å²) in [5.74, 6) is 9.19. The second kappa shape index (κ2) is 7.66. The van der Waals surface area contributed by atoms with E-state index >= 15 is 0 Å². The summed E-state index contributed by atoms with van der Waals surface area (Å²) in [4.78, 5) is 0. The second-order valence-corrected chi connectivity index (χ2v) is 5.64. The van der Waals surface area contributed by atoms with Gasteiger partial charge in [0.25, 0.3) is 0 Å². The molecule has 3 N–H and O–H groups in total. The van der Waals surface area contributed by atoms with E-state index < -0.39 is 0 Å². The quantitative estimate of drug-likeness (QED) is 0.558. The van der Waals surface area contributed by atoms with Gasteiger partial charge in [-0.1, -0.05) is 13.8 Å². The Morgan fingerprint density at radius 3 is 2.72 bits per heavy atom. The fourth-order valence-corrected chi connectivity index (χ4v) is 2.86. The second-order valence-electron chi connectivity index (χ2n) is 4.56. The van der Waals surface area contributed by atoms with Gasteiger partial charge < -0.3 is 4.74 Å². The Hall–Kier alpha value is -0.720. The van der Waals surface area contributed by atoms with Crippen molar-refractivity contribution in [2.24, 2.45) is 11.8 Å². The molecule has 1 unspecified atom stereocenters. The number of hydrogen-bond donors (Lipinski definition) is 2. The first-order chi connectivity index (χ1) is 8.63. The summed E-state index contributed by atoms with van der Waals surface area (Å²) in [6, 6.07) is 0.0612. The number of aromatic nitrogens is 2. The molecule has 1 heterocycles. The molecule has 1 aromatic rings. The van der Waals surface area contributed by atoms with Gasteiger partial charge in [-0.3, -0.25) is 16.0 Å². The zero-order valence-corrected chi connectivity index (χ0v) is 12.5. The van der Waals surface area contributed by atoms with Gasteiger partial charge in [0, 0.05) is 12.3 Å². The minimum absolute atomic E-state index is 0.0612. The number of nitrogens with two attached hydrogens (primary N) is 1. The molecule has 1 rings (SSSR count). The fraction of sp³-hybridized carbons (Fsp3) is 0.750. The predicted molar refractivity (Wildman–Crippen MR) is 76.7 cm³/mol. The van der Waals surface area contributed by atoms with Crippen LogP contribution in [0.3, 0.4) is 0 Å². The highest BCUT2D eigenvalue weighted by Crippen LogP contribution is 2.27. The van der Waals surface area contributed by atoms with Crippen LogP contribution in [-0.2, 0) is 6.54 Å². The van der Waals surface area contributed by atoms with Crippen LogP contribution in [0.15, 0.2) is 6.20 Å². The highest BCUT2D eigenvalue weighted by molar-refractivity contribution is 7.99. The maximum atomic E-state index is 5.67. The van der Waals surface area contributed by atoms with Gasteiger partial charge in [-0.05, 0) is 18.6 Å². The van der Waals surface area contributed by atoms with E-state index in [-0.39, 0.29) is 6.04 Å². The summed E-state index contributed by atoms with van der Waals surface area (Å²) in [7, 11) is 1.66. The number of hydrogen-bond acceptors (Lipinski definition) is 5. The van der Waals surface area contributed by atoms with E-state index in [0.29, 0.717) is 5.92 Å².